The molecule has 188 valence electrons. The lowest BCUT2D eigenvalue weighted by atomic mass is 10.1. The molecular weight excluding hydrogens is 514 g/mol. The lowest BCUT2D eigenvalue weighted by molar-refractivity contribution is 0.0944. The van der Waals surface area contributed by atoms with Gasteiger partial charge in [0.25, 0.3) is 5.91 Å². The van der Waals surface area contributed by atoms with Crippen molar-refractivity contribution >= 4 is 33.2 Å². The van der Waals surface area contributed by atoms with Crippen molar-refractivity contribution in [2.45, 2.75) is 33.7 Å². The largest absolute Gasteiger partial charge is 0.368 e. The Labute approximate surface area is 222 Å². The third-order valence-electron chi connectivity index (χ3n) is 6.41. The molecule has 7 heteroatoms. The maximum absolute atomic E-state index is 13.1. The minimum Gasteiger partial charge on any atom is -0.368 e. The average molecular weight is 549 g/mol. The summed E-state index contributed by atoms with van der Waals surface area (Å²) in [5.74, 6) is -0.110. The fourth-order valence-electron chi connectivity index (χ4n) is 4.42. The Bertz CT molecular complexity index is 1290. The van der Waals surface area contributed by atoms with E-state index in [4.69, 9.17) is 0 Å². The number of aromatic nitrogens is 2. The minimum atomic E-state index is -0.110. The number of halogens is 1. The van der Waals surface area contributed by atoms with Crippen molar-refractivity contribution < 1.29 is 4.79 Å². The summed E-state index contributed by atoms with van der Waals surface area (Å²) in [5, 5.41) is 3.07. The van der Waals surface area contributed by atoms with Gasteiger partial charge in [0, 0.05) is 54.8 Å². The number of nitrogens with one attached hydrogen (secondary N) is 1. The zero-order valence-corrected chi connectivity index (χ0v) is 22.9. The van der Waals surface area contributed by atoms with Crippen LogP contribution < -0.4 is 10.2 Å². The number of carbonyl (C=O) groups is 1. The molecule has 3 aromatic rings. The van der Waals surface area contributed by atoms with Gasteiger partial charge in [0.2, 0.25) is 0 Å². The second kappa shape index (κ2) is 11.6. The molecular formula is C29H34BrN5O. The van der Waals surface area contributed by atoms with Crippen LogP contribution in [0.1, 0.15) is 42.5 Å². The molecule has 0 aliphatic carbocycles. The number of anilines is 1. The number of nitrogens with zero attached hydrogens (tertiary/aromatic N) is 4. The Morgan fingerprint density at radius 2 is 1.83 bits per heavy atom. The van der Waals surface area contributed by atoms with E-state index in [1.54, 1.807) is 0 Å². The number of pyridine rings is 1. The predicted molar refractivity (Wildman–Crippen MR) is 151 cm³/mol. The summed E-state index contributed by atoms with van der Waals surface area (Å²) in [6.07, 6.45) is 8.80. The molecule has 1 fully saturated rings. The molecule has 3 heterocycles. The molecule has 4 rings (SSSR count). The van der Waals surface area contributed by atoms with Crippen LogP contribution in [0.2, 0.25) is 0 Å². The number of piperazine rings is 1. The third-order valence-corrected chi connectivity index (χ3v) is 6.90. The van der Waals surface area contributed by atoms with Gasteiger partial charge in [-0.3, -0.25) is 9.20 Å². The Morgan fingerprint density at radius 1 is 1.11 bits per heavy atom. The van der Waals surface area contributed by atoms with Crippen LogP contribution in [0.3, 0.4) is 0 Å². The number of imidazole rings is 1. The number of aryl methyl sites for hydroxylation is 1. The molecule has 1 aromatic carbocycles. The van der Waals surface area contributed by atoms with Gasteiger partial charge in [-0.15, -0.1) is 0 Å². The average Bonchev–Trinajstić information content (AvgIpc) is 3.26. The lowest BCUT2D eigenvalue weighted by Gasteiger charge is -2.38. The smallest absolute Gasteiger partial charge is 0.270 e. The molecule has 2 aromatic heterocycles. The van der Waals surface area contributed by atoms with Gasteiger partial charge in [-0.2, -0.15) is 0 Å². The Kier molecular flexibility index (Phi) is 8.31. The highest BCUT2D eigenvalue weighted by Crippen LogP contribution is 2.21. The molecule has 1 N–H and O–H groups in total. The molecule has 1 aliphatic heterocycles. The zero-order chi connectivity index (χ0) is 25.7. The summed E-state index contributed by atoms with van der Waals surface area (Å²) in [5.41, 5.74) is 6.90. The van der Waals surface area contributed by atoms with Crippen molar-refractivity contribution in [2.24, 2.45) is 0 Å². The summed E-state index contributed by atoms with van der Waals surface area (Å²) in [7, 11) is 0. The second-order valence-electron chi connectivity index (χ2n) is 9.20. The minimum absolute atomic E-state index is 0.110. The highest BCUT2D eigenvalue weighted by molar-refractivity contribution is 9.10. The van der Waals surface area contributed by atoms with Crippen LogP contribution in [0, 0.1) is 0 Å². The summed E-state index contributed by atoms with van der Waals surface area (Å²) in [6, 6.07) is 12.3. The molecule has 0 radical (unpaired) electrons. The van der Waals surface area contributed by atoms with E-state index >= 15 is 0 Å². The molecule has 1 saturated heterocycles. The van der Waals surface area contributed by atoms with Gasteiger partial charge in [0.05, 0.1) is 5.69 Å². The maximum atomic E-state index is 13.1. The first-order valence-electron chi connectivity index (χ1n) is 12.4. The summed E-state index contributed by atoms with van der Waals surface area (Å²) in [4.78, 5) is 22.5. The molecule has 0 saturated carbocycles. The molecule has 6 nitrogen and oxygen atoms in total. The first-order valence-corrected chi connectivity index (χ1v) is 13.2. The van der Waals surface area contributed by atoms with Crippen LogP contribution in [0.25, 0.3) is 5.65 Å². The number of amides is 1. The van der Waals surface area contributed by atoms with Crippen LogP contribution in [0.4, 0.5) is 5.69 Å². The van der Waals surface area contributed by atoms with E-state index in [9.17, 15) is 4.79 Å². The second-order valence-corrected chi connectivity index (χ2v) is 10.1. The van der Waals surface area contributed by atoms with Crippen molar-refractivity contribution in [3.63, 3.8) is 0 Å². The predicted octanol–water partition coefficient (Wildman–Crippen LogP) is 5.75. The molecule has 0 atom stereocenters. The van der Waals surface area contributed by atoms with E-state index in [0.29, 0.717) is 18.7 Å². The normalized spacial score (nSPS) is 14.2. The Hall–Kier alpha value is -3.32. The Morgan fingerprint density at radius 3 is 2.47 bits per heavy atom. The van der Waals surface area contributed by atoms with Crippen molar-refractivity contribution in [3.8, 4) is 0 Å². The van der Waals surface area contributed by atoms with Gasteiger partial charge < -0.3 is 15.1 Å². The van der Waals surface area contributed by atoms with Crippen molar-refractivity contribution in [1.29, 1.82) is 0 Å². The van der Waals surface area contributed by atoms with Crippen LogP contribution in [-0.4, -0.2) is 46.4 Å². The number of hydrogen-bond donors (Lipinski definition) is 1. The van der Waals surface area contributed by atoms with Crippen molar-refractivity contribution in [3.05, 3.63) is 100 Å². The van der Waals surface area contributed by atoms with E-state index in [1.165, 1.54) is 17.0 Å². The summed E-state index contributed by atoms with van der Waals surface area (Å²) in [6.45, 7) is 14.5. The van der Waals surface area contributed by atoms with Crippen molar-refractivity contribution in [2.75, 3.05) is 31.1 Å². The molecule has 0 unspecified atom stereocenters. The summed E-state index contributed by atoms with van der Waals surface area (Å²) < 4.78 is 2.80. The SMILES string of the molecule is C=C/C(=C\C=C(C)C)N1CCN(c2ccc(CNC(=O)c3c(CC)nc4cc(Br)ccn34)cc2)CC1. The first-order chi connectivity index (χ1) is 17.4. The first kappa shape index (κ1) is 25.8. The quantitative estimate of drug-likeness (QED) is 0.365. The molecule has 1 amide bonds. The van der Waals surface area contributed by atoms with Gasteiger partial charge >= 0.3 is 0 Å². The van der Waals surface area contributed by atoms with Gasteiger partial charge in [-0.1, -0.05) is 53.2 Å². The fraction of sp³-hybridized carbons (Fsp3) is 0.310. The maximum Gasteiger partial charge on any atom is 0.270 e. The van der Waals surface area contributed by atoms with E-state index in [-0.39, 0.29) is 5.91 Å². The van der Waals surface area contributed by atoms with Crippen LogP contribution >= 0.6 is 15.9 Å². The third kappa shape index (κ3) is 5.90. The van der Waals surface area contributed by atoms with Crippen LogP contribution in [0.5, 0.6) is 0 Å². The van der Waals surface area contributed by atoms with Gasteiger partial charge in [-0.05, 0) is 62.2 Å². The molecule has 0 spiro atoms. The fourth-order valence-corrected chi connectivity index (χ4v) is 4.75. The number of rotatable bonds is 8. The Balaban J connectivity index is 1.36. The lowest BCUT2D eigenvalue weighted by Crippen LogP contribution is -2.45. The van der Waals surface area contributed by atoms with Gasteiger partial charge in [-0.25, -0.2) is 4.98 Å². The van der Waals surface area contributed by atoms with Crippen LogP contribution in [0.15, 0.2) is 83.1 Å². The van der Waals surface area contributed by atoms with Gasteiger partial charge in [0.1, 0.15) is 11.3 Å². The molecule has 0 bridgehead atoms. The van der Waals surface area contributed by atoms with E-state index in [0.717, 1.165) is 47.6 Å². The number of carbonyl (C=O) groups excluding carboxylic acids is 1. The highest BCUT2D eigenvalue weighted by atomic mass is 79.9. The number of hydrogen-bond acceptors (Lipinski definition) is 4. The number of fused-ring (bicyclic) bond motifs is 1. The standard InChI is InChI=1S/C29H34BrN5O/c1-5-24(10-7-21(3)4)33-15-17-34(18-16-33)25-11-8-22(9-12-25)20-31-29(36)28-26(6-2)32-27-19-23(30)13-14-35(27)28/h5,7-14,19H,1,6,15-18,20H2,2-4H3,(H,31,36)/b24-10+. The number of benzene rings is 1. The van der Waals surface area contributed by atoms with Crippen molar-refractivity contribution in [1.82, 2.24) is 19.6 Å². The van der Waals surface area contributed by atoms with E-state index < -0.39 is 0 Å². The van der Waals surface area contributed by atoms with E-state index in [2.05, 4.69) is 92.9 Å². The summed E-state index contributed by atoms with van der Waals surface area (Å²) >= 11 is 3.48. The monoisotopic (exact) mass is 547 g/mol. The van der Waals surface area contributed by atoms with E-state index in [1.807, 2.05) is 35.7 Å². The molecule has 36 heavy (non-hydrogen) atoms. The number of allylic oxidation sites excluding steroid dienone is 4. The molecule has 1 aliphatic rings. The highest BCUT2D eigenvalue weighted by Gasteiger charge is 2.19. The topological polar surface area (TPSA) is 52.9 Å². The van der Waals surface area contributed by atoms with Crippen LogP contribution in [-0.2, 0) is 13.0 Å². The van der Waals surface area contributed by atoms with Gasteiger partial charge in [0.15, 0.2) is 0 Å². The zero-order valence-electron chi connectivity index (χ0n) is 21.3.